The fraction of sp³-hybridized carbons (Fsp3) is 0.0714. The van der Waals surface area contributed by atoms with Gasteiger partial charge in [0.25, 0.3) is 0 Å². The summed E-state index contributed by atoms with van der Waals surface area (Å²) in [4.78, 5) is 10.8. The van der Waals surface area contributed by atoms with E-state index in [0.717, 1.165) is 11.1 Å². The van der Waals surface area contributed by atoms with Gasteiger partial charge in [-0.3, -0.25) is 4.79 Å². The van der Waals surface area contributed by atoms with Crippen molar-refractivity contribution < 1.29 is 9.90 Å². The zero-order valence-corrected chi connectivity index (χ0v) is 9.26. The minimum atomic E-state index is -0.875. The molecule has 0 amide bonds. The standard InChI is InChI=1S/C14H13NO2/c15-13-8-4-7-11(12(13)9-14(16)17)10-5-2-1-3-6-10/h1-8H,9,15H2,(H,16,17). The molecule has 0 bridgehead atoms. The van der Waals surface area contributed by atoms with Gasteiger partial charge in [0, 0.05) is 5.69 Å². The van der Waals surface area contributed by atoms with E-state index in [4.69, 9.17) is 10.8 Å². The van der Waals surface area contributed by atoms with Crippen molar-refractivity contribution in [2.45, 2.75) is 6.42 Å². The first-order chi connectivity index (χ1) is 8.18. The Labute approximate surface area is 99.5 Å². The van der Waals surface area contributed by atoms with Crippen molar-refractivity contribution in [3.8, 4) is 11.1 Å². The van der Waals surface area contributed by atoms with E-state index in [1.165, 1.54) is 0 Å². The Balaban J connectivity index is 2.54. The van der Waals surface area contributed by atoms with Crippen LogP contribution in [0.25, 0.3) is 11.1 Å². The van der Waals surface area contributed by atoms with Crippen LogP contribution in [0.15, 0.2) is 48.5 Å². The van der Waals surface area contributed by atoms with Crippen LogP contribution in [0.2, 0.25) is 0 Å². The highest BCUT2D eigenvalue weighted by atomic mass is 16.4. The Hall–Kier alpha value is -2.29. The number of nitrogen functional groups attached to an aromatic ring is 1. The molecule has 0 aliphatic rings. The van der Waals surface area contributed by atoms with Gasteiger partial charge in [0.1, 0.15) is 0 Å². The third kappa shape index (κ3) is 2.45. The van der Waals surface area contributed by atoms with Gasteiger partial charge in [0.2, 0.25) is 0 Å². The molecular weight excluding hydrogens is 214 g/mol. The monoisotopic (exact) mass is 227 g/mol. The Morgan fingerprint density at radius 1 is 1.06 bits per heavy atom. The van der Waals surface area contributed by atoms with Gasteiger partial charge in [-0.1, -0.05) is 42.5 Å². The highest BCUT2D eigenvalue weighted by Gasteiger charge is 2.11. The number of benzene rings is 2. The zero-order chi connectivity index (χ0) is 12.3. The Morgan fingerprint density at radius 2 is 1.76 bits per heavy atom. The van der Waals surface area contributed by atoms with Crippen molar-refractivity contribution in [2.75, 3.05) is 5.73 Å². The Morgan fingerprint density at radius 3 is 2.41 bits per heavy atom. The molecule has 0 heterocycles. The molecule has 17 heavy (non-hydrogen) atoms. The molecule has 86 valence electrons. The third-order valence-corrected chi connectivity index (χ3v) is 2.63. The molecule has 3 N–H and O–H groups in total. The summed E-state index contributed by atoms with van der Waals surface area (Å²) in [7, 11) is 0. The van der Waals surface area contributed by atoms with Gasteiger partial charge in [-0.25, -0.2) is 0 Å². The largest absolute Gasteiger partial charge is 0.481 e. The first kappa shape index (κ1) is 11.2. The normalized spacial score (nSPS) is 10.1. The van der Waals surface area contributed by atoms with Gasteiger partial charge in [-0.15, -0.1) is 0 Å². The van der Waals surface area contributed by atoms with E-state index < -0.39 is 5.97 Å². The molecule has 0 fully saturated rings. The maximum atomic E-state index is 10.8. The van der Waals surface area contributed by atoms with Crippen LogP contribution in [-0.2, 0) is 11.2 Å². The molecule has 0 aromatic heterocycles. The van der Waals surface area contributed by atoms with Crippen molar-refractivity contribution in [1.82, 2.24) is 0 Å². The molecule has 3 nitrogen and oxygen atoms in total. The highest BCUT2D eigenvalue weighted by molar-refractivity contribution is 5.80. The Bertz CT molecular complexity index is 535. The number of hydrogen-bond acceptors (Lipinski definition) is 2. The molecule has 0 unspecified atom stereocenters. The van der Waals surface area contributed by atoms with Gasteiger partial charge in [-0.2, -0.15) is 0 Å². The maximum Gasteiger partial charge on any atom is 0.307 e. The second kappa shape index (κ2) is 4.70. The van der Waals surface area contributed by atoms with E-state index in [-0.39, 0.29) is 6.42 Å². The number of nitrogens with two attached hydrogens (primary N) is 1. The van der Waals surface area contributed by atoms with E-state index in [0.29, 0.717) is 11.3 Å². The van der Waals surface area contributed by atoms with Crippen molar-refractivity contribution >= 4 is 11.7 Å². The summed E-state index contributed by atoms with van der Waals surface area (Å²) in [5, 5.41) is 8.91. The van der Waals surface area contributed by atoms with Gasteiger partial charge < -0.3 is 10.8 Å². The topological polar surface area (TPSA) is 63.3 Å². The number of rotatable bonds is 3. The van der Waals surface area contributed by atoms with Crippen LogP contribution in [0, 0.1) is 0 Å². The smallest absolute Gasteiger partial charge is 0.307 e. The van der Waals surface area contributed by atoms with Crippen LogP contribution in [0.3, 0.4) is 0 Å². The Kier molecular flexibility index (Phi) is 3.10. The summed E-state index contributed by atoms with van der Waals surface area (Å²) in [5.74, 6) is -0.875. The van der Waals surface area contributed by atoms with Crippen molar-refractivity contribution in [2.24, 2.45) is 0 Å². The lowest BCUT2D eigenvalue weighted by atomic mass is 9.96. The number of anilines is 1. The van der Waals surface area contributed by atoms with Gasteiger partial charge in [0.15, 0.2) is 0 Å². The predicted molar refractivity (Wildman–Crippen MR) is 67.6 cm³/mol. The first-order valence-corrected chi connectivity index (χ1v) is 5.33. The minimum absolute atomic E-state index is 0.0586. The van der Waals surface area contributed by atoms with Gasteiger partial charge in [0.05, 0.1) is 6.42 Å². The minimum Gasteiger partial charge on any atom is -0.481 e. The molecule has 0 spiro atoms. The summed E-state index contributed by atoms with van der Waals surface area (Å²) in [6, 6.07) is 15.1. The highest BCUT2D eigenvalue weighted by Crippen LogP contribution is 2.28. The first-order valence-electron chi connectivity index (χ1n) is 5.33. The summed E-state index contributed by atoms with van der Waals surface area (Å²) in [6.45, 7) is 0. The average molecular weight is 227 g/mol. The van der Waals surface area contributed by atoms with Crippen LogP contribution >= 0.6 is 0 Å². The molecule has 0 aliphatic heterocycles. The molecule has 0 aliphatic carbocycles. The third-order valence-electron chi connectivity index (χ3n) is 2.63. The molecule has 3 heteroatoms. The van der Waals surface area contributed by atoms with Crippen molar-refractivity contribution in [3.63, 3.8) is 0 Å². The molecule has 2 aromatic carbocycles. The van der Waals surface area contributed by atoms with E-state index in [9.17, 15) is 4.79 Å². The SMILES string of the molecule is Nc1cccc(-c2ccccc2)c1CC(=O)O. The average Bonchev–Trinajstić information content (AvgIpc) is 2.32. The molecule has 0 atom stereocenters. The lowest BCUT2D eigenvalue weighted by Gasteiger charge is -2.10. The van der Waals surface area contributed by atoms with E-state index in [1.54, 1.807) is 6.07 Å². The number of hydrogen-bond donors (Lipinski definition) is 2. The van der Waals surface area contributed by atoms with Crippen molar-refractivity contribution in [1.29, 1.82) is 0 Å². The molecule has 0 radical (unpaired) electrons. The van der Waals surface area contributed by atoms with Crippen LogP contribution < -0.4 is 5.73 Å². The summed E-state index contributed by atoms with van der Waals surface area (Å²) < 4.78 is 0. The molecule has 0 saturated heterocycles. The lowest BCUT2D eigenvalue weighted by molar-refractivity contribution is -0.136. The molecule has 2 rings (SSSR count). The molecular formula is C14H13NO2. The summed E-state index contributed by atoms with van der Waals surface area (Å²) >= 11 is 0. The second-order valence-electron chi connectivity index (χ2n) is 3.81. The molecule has 2 aromatic rings. The van der Waals surface area contributed by atoms with E-state index in [2.05, 4.69) is 0 Å². The second-order valence-corrected chi connectivity index (χ2v) is 3.81. The van der Waals surface area contributed by atoms with E-state index >= 15 is 0 Å². The van der Waals surface area contributed by atoms with Crippen LogP contribution in [0.4, 0.5) is 5.69 Å². The summed E-state index contributed by atoms with van der Waals surface area (Å²) in [5.41, 5.74) is 8.90. The summed E-state index contributed by atoms with van der Waals surface area (Å²) in [6.07, 6.45) is -0.0586. The fourth-order valence-electron chi connectivity index (χ4n) is 1.84. The fourth-order valence-corrected chi connectivity index (χ4v) is 1.84. The number of carboxylic acids is 1. The van der Waals surface area contributed by atoms with E-state index in [1.807, 2.05) is 42.5 Å². The lowest BCUT2D eigenvalue weighted by Crippen LogP contribution is -2.05. The molecule has 0 saturated carbocycles. The number of aliphatic carboxylic acids is 1. The van der Waals surface area contributed by atoms with Gasteiger partial charge in [-0.05, 0) is 22.8 Å². The number of carboxylic acid groups (broad SMARTS) is 1. The van der Waals surface area contributed by atoms with Crippen LogP contribution in [0.1, 0.15) is 5.56 Å². The maximum absolute atomic E-state index is 10.8. The van der Waals surface area contributed by atoms with Gasteiger partial charge >= 0.3 is 5.97 Å². The quantitative estimate of drug-likeness (QED) is 0.792. The van der Waals surface area contributed by atoms with Crippen LogP contribution in [-0.4, -0.2) is 11.1 Å². The number of carbonyl (C=O) groups is 1. The zero-order valence-electron chi connectivity index (χ0n) is 9.26. The predicted octanol–water partition coefficient (Wildman–Crippen LogP) is 2.56. The van der Waals surface area contributed by atoms with Crippen LogP contribution in [0.5, 0.6) is 0 Å². The van der Waals surface area contributed by atoms with Crippen molar-refractivity contribution in [3.05, 3.63) is 54.1 Å².